The average molecular weight is 280 g/mol. The summed E-state index contributed by atoms with van der Waals surface area (Å²) in [5.74, 6) is -0.398. The molecule has 110 valence electrons. The number of hydrogen-bond donors (Lipinski definition) is 1. The maximum absolute atomic E-state index is 12.5. The Hall–Kier alpha value is -1.66. The van der Waals surface area contributed by atoms with Gasteiger partial charge in [0, 0.05) is 26.4 Å². The van der Waals surface area contributed by atoms with Crippen LogP contribution in [0.3, 0.4) is 0 Å². The van der Waals surface area contributed by atoms with E-state index in [0.717, 1.165) is 0 Å². The fourth-order valence-corrected chi connectivity index (χ4v) is 2.43. The molecular weight excluding hydrogens is 260 g/mol. The summed E-state index contributed by atoms with van der Waals surface area (Å²) in [5.41, 5.74) is -0.386. The quantitative estimate of drug-likeness (QED) is 0.896. The standard InChI is InChI=1S/C14H20N2O4/c1-14(2)9-16(7-10(20-14)8-19-3)13(18)12-11(17)5-4-6-15-12/h4-6,10,17H,7-9H2,1-3H3. The molecule has 1 aromatic rings. The number of rotatable bonds is 3. The largest absolute Gasteiger partial charge is 0.505 e. The molecule has 6 nitrogen and oxygen atoms in total. The molecule has 1 unspecified atom stereocenters. The Bertz CT molecular complexity index is 490. The summed E-state index contributed by atoms with van der Waals surface area (Å²) in [7, 11) is 1.60. The summed E-state index contributed by atoms with van der Waals surface area (Å²) in [6.07, 6.45) is 1.31. The van der Waals surface area contributed by atoms with E-state index < -0.39 is 5.60 Å². The van der Waals surface area contributed by atoms with Crippen molar-refractivity contribution < 1.29 is 19.4 Å². The van der Waals surface area contributed by atoms with E-state index in [9.17, 15) is 9.90 Å². The highest BCUT2D eigenvalue weighted by molar-refractivity contribution is 5.94. The van der Waals surface area contributed by atoms with E-state index in [4.69, 9.17) is 9.47 Å². The van der Waals surface area contributed by atoms with Crippen molar-refractivity contribution in [1.29, 1.82) is 0 Å². The summed E-state index contributed by atoms with van der Waals surface area (Å²) >= 11 is 0. The van der Waals surface area contributed by atoms with Crippen molar-refractivity contribution in [3.63, 3.8) is 0 Å². The second-order valence-corrected chi connectivity index (χ2v) is 5.51. The van der Waals surface area contributed by atoms with Crippen LogP contribution in [0.5, 0.6) is 5.75 Å². The molecule has 1 amide bonds. The van der Waals surface area contributed by atoms with Crippen LogP contribution >= 0.6 is 0 Å². The van der Waals surface area contributed by atoms with Gasteiger partial charge in [-0.3, -0.25) is 4.79 Å². The maximum Gasteiger partial charge on any atom is 0.276 e. The number of carbonyl (C=O) groups excluding carboxylic acids is 1. The fourth-order valence-electron chi connectivity index (χ4n) is 2.43. The van der Waals surface area contributed by atoms with Crippen molar-refractivity contribution in [3.05, 3.63) is 24.0 Å². The number of nitrogens with zero attached hydrogens (tertiary/aromatic N) is 2. The van der Waals surface area contributed by atoms with Crippen LogP contribution < -0.4 is 0 Å². The molecule has 0 bridgehead atoms. The van der Waals surface area contributed by atoms with E-state index in [-0.39, 0.29) is 23.5 Å². The first-order valence-corrected chi connectivity index (χ1v) is 6.53. The number of methoxy groups -OCH3 is 1. The SMILES string of the molecule is COCC1CN(C(=O)c2ncccc2O)CC(C)(C)O1. The van der Waals surface area contributed by atoms with Crippen LogP contribution in [0.15, 0.2) is 18.3 Å². The van der Waals surface area contributed by atoms with Crippen LogP contribution in [0.25, 0.3) is 0 Å². The normalized spacial score (nSPS) is 21.8. The molecule has 1 aliphatic heterocycles. The van der Waals surface area contributed by atoms with E-state index >= 15 is 0 Å². The van der Waals surface area contributed by atoms with Gasteiger partial charge in [-0.2, -0.15) is 0 Å². The zero-order valence-electron chi connectivity index (χ0n) is 12.0. The number of ether oxygens (including phenoxy) is 2. The molecule has 1 saturated heterocycles. The van der Waals surface area contributed by atoms with Crippen LogP contribution in [-0.2, 0) is 9.47 Å². The molecule has 0 saturated carbocycles. The van der Waals surface area contributed by atoms with Gasteiger partial charge in [0.15, 0.2) is 5.69 Å². The molecule has 1 N–H and O–H groups in total. The molecule has 6 heteroatoms. The van der Waals surface area contributed by atoms with E-state index in [2.05, 4.69) is 4.98 Å². The lowest BCUT2D eigenvalue weighted by molar-refractivity contribution is -0.143. The van der Waals surface area contributed by atoms with Gasteiger partial charge in [0.25, 0.3) is 5.91 Å². The first-order chi connectivity index (χ1) is 9.43. The van der Waals surface area contributed by atoms with Crippen LogP contribution in [-0.4, -0.2) is 59.4 Å². The Balaban J connectivity index is 2.18. The lowest BCUT2D eigenvalue weighted by Crippen LogP contribution is -2.55. The molecule has 1 aliphatic rings. The zero-order valence-corrected chi connectivity index (χ0v) is 12.0. The number of morpholine rings is 1. The van der Waals surface area contributed by atoms with E-state index in [1.165, 1.54) is 12.3 Å². The highest BCUT2D eigenvalue weighted by Gasteiger charge is 2.36. The molecular formula is C14H20N2O4. The van der Waals surface area contributed by atoms with Gasteiger partial charge < -0.3 is 19.5 Å². The topological polar surface area (TPSA) is 71.9 Å². The highest BCUT2D eigenvalue weighted by atomic mass is 16.5. The van der Waals surface area contributed by atoms with Gasteiger partial charge in [0.05, 0.1) is 18.3 Å². The van der Waals surface area contributed by atoms with Crippen LogP contribution in [0.2, 0.25) is 0 Å². The Kier molecular flexibility index (Phi) is 4.25. The van der Waals surface area contributed by atoms with Crippen molar-refractivity contribution >= 4 is 5.91 Å². The predicted molar refractivity (Wildman–Crippen MR) is 72.6 cm³/mol. The number of aromatic nitrogens is 1. The first kappa shape index (κ1) is 14.7. The van der Waals surface area contributed by atoms with Crippen molar-refractivity contribution in [2.24, 2.45) is 0 Å². The van der Waals surface area contributed by atoms with Gasteiger partial charge in [-0.05, 0) is 26.0 Å². The lowest BCUT2D eigenvalue weighted by Gasteiger charge is -2.42. The number of pyridine rings is 1. The Labute approximate surface area is 118 Å². The lowest BCUT2D eigenvalue weighted by atomic mass is 10.0. The van der Waals surface area contributed by atoms with Crippen molar-refractivity contribution in [1.82, 2.24) is 9.88 Å². The maximum atomic E-state index is 12.5. The molecule has 0 aliphatic carbocycles. The second kappa shape index (κ2) is 5.76. The van der Waals surface area contributed by atoms with E-state index in [0.29, 0.717) is 19.7 Å². The summed E-state index contributed by atoms with van der Waals surface area (Å²) in [5, 5.41) is 9.75. The monoisotopic (exact) mass is 280 g/mol. The number of hydrogen-bond acceptors (Lipinski definition) is 5. The molecule has 0 spiro atoms. The molecule has 1 aromatic heterocycles. The smallest absolute Gasteiger partial charge is 0.276 e. The summed E-state index contributed by atoms with van der Waals surface area (Å²) < 4.78 is 11.0. The molecule has 1 fully saturated rings. The third-order valence-corrected chi connectivity index (χ3v) is 3.11. The molecule has 20 heavy (non-hydrogen) atoms. The van der Waals surface area contributed by atoms with Crippen LogP contribution in [0.1, 0.15) is 24.3 Å². The molecule has 2 heterocycles. The first-order valence-electron chi connectivity index (χ1n) is 6.53. The molecule has 2 rings (SSSR count). The molecule has 1 atom stereocenters. The third kappa shape index (κ3) is 3.26. The van der Waals surface area contributed by atoms with Gasteiger partial charge in [0.2, 0.25) is 0 Å². The highest BCUT2D eigenvalue weighted by Crippen LogP contribution is 2.24. The molecule has 0 aromatic carbocycles. The van der Waals surface area contributed by atoms with Gasteiger partial charge in [-0.15, -0.1) is 0 Å². The third-order valence-electron chi connectivity index (χ3n) is 3.11. The van der Waals surface area contributed by atoms with E-state index in [1.807, 2.05) is 13.8 Å². The Morgan fingerprint density at radius 2 is 2.40 bits per heavy atom. The van der Waals surface area contributed by atoms with Gasteiger partial charge in [-0.25, -0.2) is 4.98 Å². The minimum absolute atomic E-state index is 0.0707. The van der Waals surface area contributed by atoms with Crippen molar-refractivity contribution in [2.45, 2.75) is 25.6 Å². The fraction of sp³-hybridized carbons (Fsp3) is 0.571. The Morgan fingerprint density at radius 3 is 3.05 bits per heavy atom. The summed E-state index contributed by atoms with van der Waals surface area (Å²) in [6.45, 7) is 5.14. The van der Waals surface area contributed by atoms with Gasteiger partial charge >= 0.3 is 0 Å². The van der Waals surface area contributed by atoms with Gasteiger partial charge in [0.1, 0.15) is 5.75 Å². The van der Waals surface area contributed by atoms with Crippen molar-refractivity contribution in [3.8, 4) is 5.75 Å². The van der Waals surface area contributed by atoms with Gasteiger partial charge in [-0.1, -0.05) is 0 Å². The number of aromatic hydroxyl groups is 1. The Morgan fingerprint density at radius 1 is 1.65 bits per heavy atom. The van der Waals surface area contributed by atoms with Crippen molar-refractivity contribution in [2.75, 3.05) is 26.8 Å². The second-order valence-electron chi connectivity index (χ2n) is 5.51. The molecule has 0 radical (unpaired) electrons. The average Bonchev–Trinajstić information content (AvgIpc) is 2.37. The predicted octanol–water partition coefficient (Wildman–Crippen LogP) is 1.05. The summed E-state index contributed by atoms with van der Waals surface area (Å²) in [4.78, 5) is 18.1. The minimum atomic E-state index is -0.457. The van der Waals surface area contributed by atoms with Crippen LogP contribution in [0.4, 0.5) is 0 Å². The van der Waals surface area contributed by atoms with E-state index in [1.54, 1.807) is 18.1 Å². The number of carbonyl (C=O) groups is 1. The van der Waals surface area contributed by atoms with Crippen LogP contribution in [0, 0.1) is 0 Å². The zero-order chi connectivity index (χ0) is 14.8. The summed E-state index contributed by atoms with van der Waals surface area (Å²) in [6, 6.07) is 3.04. The number of amides is 1. The minimum Gasteiger partial charge on any atom is -0.505 e.